The number of fused-ring (bicyclic) bond motifs is 2. The van der Waals surface area contributed by atoms with E-state index in [-0.39, 0.29) is 0 Å². The molecule has 0 saturated heterocycles. The molecule has 5 rings (SSSR count). The van der Waals surface area contributed by atoms with E-state index in [0.29, 0.717) is 0 Å². The van der Waals surface area contributed by atoms with Crippen molar-refractivity contribution in [3.8, 4) is 10.7 Å². The molecule has 0 amide bonds. The largest absolute Gasteiger partial charge is 0.357 e. The van der Waals surface area contributed by atoms with E-state index in [1.165, 1.54) is 27.9 Å². The summed E-state index contributed by atoms with van der Waals surface area (Å²) >= 11 is 1.69. The fourth-order valence-corrected chi connectivity index (χ4v) is 4.16. The van der Waals surface area contributed by atoms with Gasteiger partial charge in [0.2, 0.25) is 0 Å². The highest BCUT2D eigenvalue weighted by Gasteiger charge is 2.19. The van der Waals surface area contributed by atoms with Gasteiger partial charge < -0.3 is 4.98 Å². The van der Waals surface area contributed by atoms with Crippen LogP contribution in [0.15, 0.2) is 54.0 Å². The topological polar surface area (TPSA) is 44.8 Å². The van der Waals surface area contributed by atoms with E-state index < -0.39 is 0 Å². The predicted octanol–water partition coefficient (Wildman–Crippen LogP) is 4.24. The zero-order valence-corrected chi connectivity index (χ0v) is 14.6. The Morgan fingerprint density at radius 3 is 3.00 bits per heavy atom. The third-order valence-corrected chi connectivity index (χ3v) is 5.60. The zero-order chi connectivity index (χ0) is 16.6. The molecule has 0 fully saturated rings. The highest BCUT2D eigenvalue weighted by molar-refractivity contribution is 7.13. The van der Waals surface area contributed by atoms with Gasteiger partial charge in [-0.3, -0.25) is 4.90 Å². The monoisotopic (exact) mass is 346 g/mol. The first-order chi connectivity index (χ1) is 12.3. The maximum Gasteiger partial charge on any atom is 0.169 e. The Hall–Kier alpha value is -2.50. The van der Waals surface area contributed by atoms with Gasteiger partial charge in [0.25, 0.3) is 0 Å². The van der Waals surface area contributed by atoms with E-state index in [1.54, 1.807) is 11.3 Å². The number of H-pyrrole nitrogens is 1. The summed E-state index contributed by atoms with van der Waals surface area (Å²) in [5.41, 5.74) is 4.92. The lowest BCUT2D eigenvalue weighted by Gasteiger charge is -2.27. The average molecular weight is 346 g/mol. The number of benzene rings is 1. The Bertz CT molecular complexity index is 986. The van der Waals surface area contributed by atoms with Crippen LogP contribution in [0.2, 0.25) is 0 Å². The minimum Gasteiger partial charge on any atom is -0.357 e. The molecule has 4 nitrogen and oxygen atoms in total. The van der Waals surface area contributed by atoms with Crippen LogP contribution in [0.25, 0.3) is 21.6 Å². The van der Waals surface area contributed by atoms with Crippen LogP contribution in [0.5, 0.6) is 0 Å². The van der Waals surface area contributed by atoms with E-state index in [1.807, 2.05) is 12.3 Å². The molecule has 1 aliphatic rings. The van der Waals surface area contributed by atoms with Gasteiger partial charge in [0, 0.05) is 49.0 Å². The molecule has 1 aliphatic heterocycles. The molecule has 0 saturated carbocycles. The van der Waals surface area contributed by atoms with Crippen molar-refractivity contribution in [2.24, 2.45) is 0 Å². The molecule has 25 heavy (non-hydrogen) atoms. The summed E-state index contributed by atoms with van der Waals surface area (Å²) in [6.07, 6.45) is 2.99. The van der Waals surface area contributed by atoms with Crippen LogP contribution >= 0.6 is 11.3 Å². The van der Waals surface area contributed by atoms with Gasteiger partial charge in [-0.05, 0) is 29.0 Å². The molecular weight excluding hydrogens is 328 g/mol. The Balaban J connectivity index is 1.35. The quantitative estimate of drug-likeness (QED) is 0.603. The number of nitrogens with zero attached hydrogens (tertiary/aromatic N) is 3. The molecule has 1 aromatic carbocycles. The van der Waals surface area contributed by atoms with Crippen molar-refractivity contribution in [1.29, 1.82) is 0 Å². The molecule has 0 unspecified atom stereocenters. The number of hydrogen-bond acceptors (Lipinski definition) is 4. The van der Waals surface area contributed by atoms with Crippen molar-refractivity contribution >= 4 is 22.2 Å². The van der Waals surface area contributed by atoms with E-state index in [0.717, 1.165) is 36.8 Å². The number of nitrogens with one attached hydrogen (secondary N) is 1. The summed E-state index contributed by atoms with van der Waals surface area (Å²) in [5.74, 6) is 0.859. The van der Waals surface area contributed by atoms with Gasteiger partial charge in [0.15, 0.2) is 5.82 Å². The minimum absolute atomic E-state index is 0.859. The van der Waals surface area contributed by atoms with Crippen LogP contribution < -0.4 is 0 Å². The second-order valence-electron chi connectivity index (χ2n) is 6.49. The minimum atomic E-state index is 0.859. The van der Waals surface area contributed by atoms with Gasteiger partial charge in [-0.1, -0.05) is 24.3 Å². The summed E-state index contributed by atoms with van der Waals surface area (Å²) in [6.45, 7) is 2.87. The molecule has 4 aromatic rings. The van der Waals surface area contributed by atoms with E-state index in [9.17, 15) is 0 Å². The third kappa shape index (κ3) is 2.86. The van der Waals surface area contributed by atoms with Crippen molar-refractivity contribution in [2.75, 3.05) is 6.54 Å². The number of para-hydroxylation sites is 1. The van der Waals surface area contributed by atoms with Crippen molar-refractivity contribution in [2.45, 2.75) is 19.5 Å². The van der Waals surface area contributed by atoms with Gasteiger partial charge in [0.1, 0.15) is 0 Å². The van der Waals surface area contributed by atoms with E-state index >= 15 is 0 Å². The zero-order valence-electron chi connectivity index (χ0n) is 13.8. The van der Waals surface area contributed by atoms with Crippen LogP contribution in [0.4, 0.5) is 0 Å². The Morgan fingerprint density at radius 1 is 1.16 bits per heavy atom. The Kier molecular flexibility index (Phi) is 3.61. The number of aromatic nitrogens is 3. The number of thiophene rings is 1. The molecule has 0 aliphatic carbocycles. The van der Waals surface area contributed by atoms with Gasteiger partial charge in [-0.15, -0.1) is 11.3 Å². The third-order valence-electron chi connectivity index (χ3n) is 4.73. The summed E-state index contributed by atoms with van der Waals surface area (Å²) in [6, 6.07) is 14.8. The molecular formula is C20H18N4S. The predicted molar refractivity (Wildman–Crippen MR) is 101 cm³/mol. The molecule has 0 bridgehead atoms. The number of aromatic amines is 1. The first-order valence-corrected chi connectivity index (χ1v) is 9.41. The Morgan fingerprint density at radius 2 is 2.12 bits per heavy atom. The SMILES string of the molecule is c1csc(-c2ncc3c(n2)CCN(Cc2cc4ccccc4[nH]2)C3)c1. The highest BCUT2D eigenvalue weighted by atomic mass is 32.1. The van der Waals surface area contributed by atoms with Crippen LogP contribution in [0, 0.1) is 0 Å². The highest BCUT2D eigenvalue weighted by Crippen LogP contribution is 2.25. The first kappa shape index (κ1) is 14.8. The summed E-state index contributed by atoms with van der Waals surface area (Å²) in [4.78, 5) is 16.5. The van der Waals surface area contributed by atoms with Gasteiger partial charge >= 0.3 is 0 Å². The fourth-order valence-electron chi connectivity index (χ4n) is 3.49. The lowest BCUT2D eigenvalue weighted by Crippen LogP contribution is -2.31. The summed E-state index contributed by atoms with van der Waals surface area (Å²) < 4.78 is 0. The normalized spacial score (nSPS) is 14.7. The maximum absolute atomic E-state index is 4.80. The lowest BCUT2D eigenvalue weighted by atomic mass is 10.1. The fraction of sp³-hybridized carbons (Fsp3) is 0.200. The molecule has 0 radical (unpaired) electrons. The molecule has 124 valence electrons. The summed E-state index contributed by atoms with van der Waals surface area (Å²) in [7, 11) is 0. The van der Waals surface area contributed by atoms with Crippen LogP contribution in [0.3, 0.4) is 0 Å². The van der Waals surface area contributed by atoms with Gasteiger partial charge in [0.05, 0.1) is 10.6 Å². The number of rotatable bonds is 3. The molecule has 4 heterocycles. The van der Waals surface area contributed by atoms with Gasteiger partial charge in [-0.2, -0.15) is 0 Å². The maximum atomic E-state index is 4.80. The van der Waals surface area contributed by atoms with Crippen molar-refractivity contribution in [1.82, 2.24) is 19.9 Å². The average Bonchev–Trinajstić information content (AvgIpc) is 3.30. The van der Waals surface area contributed by atoms with Crippen LogP contribution in [-0.2, 0) is 19.5 Å². The smallest absolute Gasteiger partial charge is 0.169 e. The summed E-state index contributed by atoms with van der Waals surface area (Å²) in [5, 5.41) is 3.35. The second kappa shape index (κ2) is 6.10. The molecule has 1 N–H and O–H groups in total. The lowest BCUT2D eigenvalue weighted by molar-refractivity contribution is 0.240. The second-order valence-corrected chi connectivity index (χ2v) is 7.43. The first-order valence-electron chi connectivity index (χ1n) is 8.53. The van der Waals surface area contributed by atoms with Crippen LogP contribution in [-0.4, -0.2) is 26.4 Å². The van der Waals surface area contributed by atoms with Crippen LogP contribution in [0.1, 0.15) is 17.0 Å². The van der Waals surface area contributed by atoms with Crippen molar-refractivity contribution in [3.05, 3.63) is 71.0 Å². The molecule has 0 atom stereocenters. The Labute approximate surface area is 150 Å². The molecule has 0 spiro atoms. The van der Waals surface area contributed by atoms with Crippen molar-refractivity contribution < 1.29 is 0 Å². The number of hydrogen-bond donors (Lipinski definition) is 1. The molecule has 5 heteroatoms. The van der Waals surface area contributed by atoms with E-state index in [2.05, 4.69) is 56.6 Å². The van der Waals surface area contributed by atoms with Gasteiger partial charge in [-0.25, -0.2) is 9.97 Å². The molecule has 3 aromatic heterocycles. The standard InChI is InChI=1S/C20H18N4S/c1-2-5-17-14(4-1)10-16(22-17)13-24-8-7-18-15(12-24)11-21-20(23-18)19-6-3-9-25-19/h1-6,9-11,22H,7-8,12-13H2. The van der Waals surface area contributed by atoms with Crippen molar-refractivity contribution in [3.63, 3.8) is 0 Å². The van der Waals surface area contributed by atoms with E-state index in [4.69, 9.17) is 4.98 Å².